The van der Waals surface area contributed by atoms with Crippen molar-refractivity contribution in [3.05, 3.63) is 0 Å². The molecular weight excluding hydrogens is 277 g/mol. The van der Waals surface area contributed by atoms with Gasteiger partial charge in [0.05, 0.1) is 25.6 Å². The number of carbonyl (C=O) groups excluding carboxylic acids is 2. The minimum atomic E-state index is -4.34. The Morgan fingerprint density at radius 3 is 2.70 bits per heavy atom. The Kier molecular flexibility index (Phi) is 6.25. The lowest BCUT2D eigenvalue weighted by molar-refractivity contribution is -0.151. The molecule has 20 heavy (non-hydrogen) atoms. The van der Waals surface area contributed by atoms with E-state index in [1.165, 1.54) is 4.90 Å². The first-order valence-electron chi connectivity index (χ1n) is 6.55. The SMILES string of the molecule is CCOC(=O)C1CCCN(C(=O)CNCC(F)(F)F)C1. The highest BCUT2D eigenvalue weighted by Gasteiger charge is 2.30. The van der Waals surface area contributed by atoms with E-state index in [0.717, 1.165) is 0 Å². The zero-order valence-electron chi connectivity index (χ0n) is 11.3. The van der Waals surface area contributed by atoms with Gasteiger partial charge in [0.1, 0.15) is 0 Å². The van der Waals surface area contributed by atoms with E-state index in [4.69, 9.17) is 4.74 Å². The molecular formula is C12H19F3N2O3. The zero-order chi connectivity index (χ0) is 15.2. The molecule has 1 rings (SSSR count). The van der Waals surface area contributed by atoms with Crippen LogP contribution in [0.1, 0.15) is 19.8 Å². The molecule has 1 fully saturated rings. The summed E-state index contributed by atoms with van der Waals surface area (Å²) in [4.78, 5) is 24.8. The number of nitrogens with one attached hydrogen (secondary N) is 1. The van der Waals surface area contributed by atoms with E-state index in [9.17, 15) is 22.8 Å². The van der Waals surface area contributed by atoms with E-state index in [2.05, 4.69) is 5.32 Å². The van der Waals surface area contributed by atoms with Gasteiger partial charge in [0.2, 0.25) is 5.91 Å². The van der Waals surface area contributed by atoms with E-state index in [0.29, 0.717) is 19.4 Å². The van der Waals surface area contributed by atoms with Gasteiger partial charge in [-0.05, 0) is 19.8 Å². The van der Waals surface area contributed by atoms with Crippen LogP contribution in [0.3, 0.4) is 0 Å². The molecule has 1 heterocycles. The fourth-order valence-electron chi connectivity index (χ4n) is 2.08. The minimum absolute atomic E-state index is 0.214. The lowest BCUT2D eigenvalue weighted by Crippen LogP contribution is -2.47. The number of esters is 1. The Morgan fingerprint density at radius 1 is 1.40 bits per heavy atom. The van der Waals surface area contributed by atoms with Crippen molar-refractivity contribution in [2.75, 3.05) is 32.8 Å². The molecule has 0 aliphatic carbocycles. The summed E-state index contributed by atoms with van der Waals surface area (Å²) in [5.41, 5.74) is 0. The van der Waals surface area contributed by atoms with Crippen molar-refractivity contribution in [3.8, 4) is 0 Å². The first-order valence-corrected chi connectivity index (χ1v) is 6.55. The maximum absolute atomic E-state index is 12.0. The summed E-state index contributed by atoms with van der Waals surface area (Å²) < 4.78 is 40.8. The van der Waals surface area contributed by atoms with Crippen molar-refractivity contribution in [2.45, 2.75) is 25.9 Å². The Hall–Kier alpha value is -1.31. The number of carbonyl (C=O) groups is 2. The van der Waals surface area contributed by atoms with Crippen molar-refractivity contribution in [1.29, 1.82) is 0 Å². The highest BCUT2D eigenvalue weighted by molar-refractivity contribution is 5.80. The van der Waals surface area contributed by atoms with Gasteiger partial charge >= 0.3 is 12.1 Å². The van der Waals surface area contributed by atoms with E-state index in [1.54, 1.807) is 6.92 Å². The number of hydrogen-bond acceptors (Lipinski definition) is 4. The third kappa shape index (κ3) is 5.77. The van der Waals surface area contributed by atoms with Gasteiger partial charge in [-0.1, -0.05) is 0 Å². The van der Waals surface area contributed by atoms with Crippen LogP contribution in [0, 0.1) is 5.92 Å². The van der Waals surface area contributed by atoms with Gasteiger partial charge in [-0.3, -0.25) is 9.59 Å². The van der Waals surface area contributed by atoms with Crippen LogP contribution in [-0.4, -0.2) is 55.7 Å². The van der Waals surface area contributed by atoms with Crippen molar-refractivity contribution in [1.82, 2.24) is 10.2 Å². The number of halogens is 3. The molecule has 0 aromatic heterocycles. The van der Waals surface area contributed by atoms with Gasteiger partial charge in [-0.25, -0.2) is 0 Å². The van der Waals surface area contributed by atoms with Crippen LogP contribution in [0.5, 0.6) is 0 Å². The van der Waals surface area contributed by atoms with Crippen LogP contribution in [0.25, 0.3) is 0 Å². The second kappa shape index (κ2) is 7.47. The van der Waals surface area contributed by atoms with Gasteiger partial charge < -0.3 is 15.0 Å². The van der Waals surface area contributed by atoms with Crippen molar-refractivity contribution in [3.63, 3.8) is 0 Å². The molecule has 5 nitrogen and oxygen atoms in total. The Bertz CT molecular complexity index is 347. The van der Waals surface area contributed by atoms with Crippen LogP contribution in [-0.2, 0) is 14.3 Å². The van der Waals surface area contributed by atoms with Crippen LogP contribution in [0.4, 0.5) is 13.2 Å². The molecule has 0 spiro atoms. The predicted molar refractivity (Wildman–Crippen MR) is 64.9 cm³/mol. The Morgan fingerprint density at radius 2 is 2.10 bits per heavy atom. The third-order valence-electron chi connectivity index (χ3n) is 3.00. The lowest BCUT2D eigenvalue weighted by atomic mass is 9.98. The second-order valence-electron chi connectivity index (χ2n) is 4.65. The lowest BCUT2D eigenvalue weighted by Gasteiger charge is -2.31. The maximum Gasteiger partial charge on any atom is 0.401 e. The molecule has 8 heteroatoms. The van der Waals surface area contributed by atoms with Crippen LogP contribution in [0.15, 0.2) is 0 Å². The van der Waals surface area contributed by atoms with Gasteiger partial charge in [0.25, 0.3) is 0 Å². The molecule has 1 aliphatic heterocycles. The van der Waals surface area contributed by atoms with Crippen molar-refractivity contribution >= 4 is 11.9 Å². The molecule has 0 radical (unpaired) electrons. The van der Waals surface area contributed by atoms with E-state index < -0.39 is 18.6 Å². The number of rotatable bonds is 5. The summed E-state index contributed by atoms with van der Waals surface area (Å²) in [5, 5.41) is 2.06. The quantitative estimate of drug-likeness (QED) is 0.767. The number of hydrogen-bond donors (Lipinski definition) is 1. The highest BCUT2D eigenvalue weighted by Crippen LogP contribution is 2.18. The number of ether oxygens (including phenoxy) is 1. The average Bonchev–Trinajstić information content (AvgIpc) is 2.37. The third-order valence-corrected chi connectivity index (χ3v) is 3.00. The summed E-state index contributed by atoms with van der Waals surface area (Å²) in [7, 11) is 0. The molecule has 1 saturated heterocycles. The molecule has 1 atom stereocenters. The number of piperidine rings is 1. The largest absolute Gasteiger partial charge is 0.466 e. The van der Waals surface area contributed by atoms with Gasteiger partial charge in [0, 0.05) is 13.1 Å². The van der Waals surface area contributed by atoms with Crippen LogP contribution < -0.4 is 5.32 Å². The number of nitrogens with zero attached hydrogens (tertiary/aromatic N) is 1. The Labute approximate surface area is 115 Å². The molecule has 1 aliphatic rings. The predicted octanol–water partition coefficient (Wildman–Crippen LogP) is 0.940. The molecule has 1 amide bonds. The number of amides is 1. The molecule has 116 valence electrons. The molecule has 0 aromatic carbocycles. The monoisotopic (exact) mass is 296 g/mol. The summed E-state index contributed by atoms with van der Waals surface area (Å²) in [5.74, 6) is -1.16. The molecule has 0 bridgehead atoms. The molecule has 1 unspecified atom stereocenters. The molecule has 1 N–H and O–H groups in total. The zero-order valence-corrected chi connectivity index (χ0v) is 11.3. The Balaban J connectivity index is 2.38. The van der Waals surface area contributed by atoms with Crippen LogP contribution in [0.2, 0.25) is 0 Å². The molecule has 0 aromatic rings. The van der Waals surface area contributed by atoms with Crippen LogP contribution >= 0.6 is 0 Å². The van der Waals surface area contributed by atoms with Crippen molar-refractivity contribution in [2.24, 2.45) is 5.92 Å². The summed E-state index contributed by atoms with van der Waals surface area (Å²) in [6.07, 6.45) is -3.05. The fraction of sp³-hybridized carbons (Fsp3) is 0.833. The van der Waals surface area contributed by atoms with Gasteiger partial charge in [-0.2, -0.15) is 13.2 Å². The maximum atomic E-state index is 12.0. The first kappa shape index (κ1) is 16.7. The van der Waals surface area contributed by atoms with Gasteiger partial charge in [-0.15, -0.1) is 0 Å². The standard InChI is InChI=1S/C12H19F3N2O3/c1-2-20-11(19)9-4-3-5-17(7-9)10(18)6-16-8-12(13,14)15/h9,16H,2-8H2,1H3. The topological polar surface area (TPSA) is 58.6 Å². The van der Waals surface area contributed by atoms with E-state index in [-0.39, 0.29) is 31.6 Å². The highest BCUT2D eigenvalue weighted by atomic mass is 19.4. The van der Waals surface area contributed by atoms with Gasteiger partial charge in [0.15, 0.2) is 0 Å². The summed E-state index contributed by atoms with van der Waals surface area (Å²) in [6, 6.07) is 0. The summed E-state index contributed by atoms with van der Waals surface area (Å²) in [6.45, 7) is 1.07. The first-order chi connectivity index (χ1) is 9.33. The second-order valence-corrected chi connectivity index (χ2v) is 4.65. The van der Waals surface area contributed by atoms with E-state index in [1.807, 2.05) is 0 Å². The molecule has 0 saturated carbocycles. The smallest absolute Gasteiger partial charge is 0.401 e. The normalized spacial score (nSPS) is 19.8. The number of likely N-dealkylation sites (tertiary alicyclic amines) is 1. The van der Waals surface area contributed by atoms with Crippen molar-refractivity contribution < 1.29 is 27.5 Å². The van der Waals surface area contributed by atoms with E-state index >= 15 is 0 Å². The minimum Gasteiger partial charge on any atom is -0.466 e. The number of alkyl halides is 3. The fourth-order valence-corrected chi connectivity index (χ4v) is 2.08. The average molecular weight is 296 g/mol. The summed E-state index contributed by atoms with van der Waals surface area (Å²) >= 11 is 0.